The van der Waals surface area contributed by atoms with Crippen LogP contribution in [0.3, 0.4) is 0 Å². The molecule has 1 fully saturated rings. The van der Waals surface area contributed by atoms with E-state index in [1.807, 2.05) is 13.8 Å². The summed E-state index contributed by atoms with van der Waals surface area (Å²) in [5.74, 6) is 0.239. The van der Waals surface area contributed by atoms with Crippen LogP contribution in [0, 0.1) is 10.1 Å². The van der Waals surface area contributed by atoms with Crippen LogP contribution in [0.1, 0.15) is 26.7 Å². The van der Waals surface area contributed by atoms with Gasteiger partial charge in [0.2, 0.25) is 5.82 Å². The Morgan fingerprint density at radius 3 is 2.83 bits per heavy atom. The number of amides is 1. The second-order valence-electron chi connectivity index (χ2n) is 5.93. The number of carbonyl (C=O) groups is 1. The molecule has 1 saturated heterocycles. The second kappa shape index (κ2) is 6.63. The lowest BCUT2D eigenvalue weighted by Gasteiger charge is -2.32. The number of hydrogen-bond donors (Lipinski definition) is 1. The van der Waals surface area contributed by atoms with Crippen molar-refractivity contribution < 1.29 is 14.5 Å². The van der Waals surface area contributed by atoms with Gasteiger partial charge in [0.1, 0.15) is 6.20 Å². The Kier molecular flexibility index (Phi) is 4.56. The predicted molar refractivity (Wildman–Crippen MR) is 89.6 cm³/mol. The number of anilines is 1. The molecule has 1 aliphatic heterocycles. The monoisotopic (exact) mass is 353 g/mol. The zero-order valence-electron chi connectivity index (χ0n) is 13.5. The van der Waals surface area contributed by atoms with E-state index in [1.165, 1.54) is 15.7 Å². The molecule has 0 bridgehead atoms. The number of rotatable bonds is 4. The number of imidazole rings is 1. The summed E-state index contributed by atoms with van der Waals surface area (Å²) in [6.07, 6.45) is 2.57. The summed E-state index contributed by atoms with van der Waals surface area (Å²) in [6, 6.07) is 0.0383. The molecule has 2 aromatic rings. The molecule has 1 aliphatic rings. The van der Waals surface area contributed by atoms with Crippen LogP contribution in [0.25, 0.3) is 4.96 Å². The van der Waals surface area contributed by atoms with E-state index in [4.69, 9.17) is 4.74 Å². The van der Waals surface area contributed by atoms with E-state index in [0.717, 1.165) is 0 Å². The molecule has 9 nitrogen and oxygen atoms in total. The van der Waals surface area contributed by atoms with Crippen molar-refractivity contribution in [2.24, 2.45) is 0 Å². The highest BCUT2D eigenvalue weighted by Crippen LogP contribution is 2.29. The van der Waals surface area contributed by atoms with Crippen molar-refractivity contribution in [3.05, 3.63) is 21.7 Å². The molecule has 0 spiro atoms. The van der Waals surface area contributed by atoms with Gasteiger partial charge in [0, 0.05) is 24.5 Å². The molecule has 1 N–H and O–H groups in total. The first-order valence-electron chi connectivity index (χ1n) is 7.77. The molecular weight excluding hydrogens is 334 g/mol. The molecule has 130 valence electrons. The van der Waals surface area contributed by atoms with E-state index in [0.29, 0.717) is 30.9 Å². The maximum Gasteiger partial charge on any atom is 0.410 e. The molecular formula is C14H19N5O4S. The Balaban J connectivity index is 1.64. The Morgan fingerprint density at radius 2 is 2.21 bits per heavy atom. The average Bonchev–Trinajstić information content (AvgIpc) is 3.07. The third-order valence-corrected chi connectivity index (χ3v) is 4.60. The largest absolute Gasteiger partial charge is 0.447 e. The number of fused-ring (bicyclic) bond motifs is 1. The summed E-state index contributed by atoms with van der Waals surface area (Å²) in [5, 5.41) is 16.2. The second-order valence-corrected chi connectivity index (χ2v) is 6.81. The smallest absolute Gasteiger partial charge is 0.410 e. The van der Waals surface area contributed by atoms with Gasteiger partial charge in [0.25, 0.3) is 4.96 Å². The lowest BCUT2D eigenvalue weighted by Crippen LogP contribution is -2.43. The number of nitrogens with one attached hydrogen (secondary N) is 1. The van der Waals surface area contributed by atoms with Crippen molar-refractivity contribution in [1.29, 1.82) is 0 Å². The SMILES string of the molecule is CC(C)OC(=O)N1CCC(Nc2nc3sccn3c2[N+](=O)[O-])CC1. The summed E-state index contributed by atoms with van der Waals surface area (Å²) in [5.41, 5.74) is 0. The molecule has 2 aromatic heterocycles. The van der Waals surface area contributed by atoms with E-state index >= 15 is 0 Å². The number of thiazole rings is 1. The van der Waals surface area contributed by atoms with Crippen LogP contribution in [0.4, 0.5) is 16.4 Å². The lowest BCUT2D eigenvalue weighted by atomic mass is 10.1. The Labute approximate surface area is 142 Å². The van der Waals surface area contributed by atoms with Crippen molar-refractivity contribution in [2.75, 3.05) is 18.4 Å². The standard InChI is InChI=1S/C14H19N5O4S/c1-9(2)23-14(20)17-5-3-10(4-6-17)15-11-12(19(21)22)18-7-8-24-13(18)16-11/h7-10,15H,3-6H2,1-2H3. The Morgan fingerprint density at radius 1 is 1.50 bits per heavy atom. The lowest BCUT2D eigenvalue weighted by molar-refractivity contribution is -0.389. The molecule has 24 heavy (non-hydrogen) atoms. The minimum Gasteiger partial charge on any atom is -0.447 e. The van der Waals surface area contributed by atoms with Crippen LogP contribution >= 0.6 is 11.3 Å². The van der Waals surface area contributed by atoms with Gasteiger partial charge in [-0.15, -0.1) is 0 Å². The minimum atomic E-state index is -0.426. The van der Waals surface area contributed by atoms with Gasteiger partial charge in [-0.05, 0) is 31.6 Å². The molecule has 0 aliphatic carbocycles. The van der Waals surface area contributed by atoms with Crippen LogP contribution in [0.5, 0.6) is 0 Å². The third-order valence-electron chi connectivity index (χ3n) is 3.84. The van der Waals surface area contributed by atoms with Gasteiger partial charge < -0.3 is 25.1 Å². The third kappa shape index (κ3) is 3.28. The number of piperidine rings is 1. The fourth-order valence-corrected chi connectivity index (χ4v) is 3.43. The molecule has 3 heterocycles. The molecule has 3 rings (SSSR count). The molecule has 0 saturated carbocycles. The molecule has 10 heteroatoms. The maximum atomic E-state index is 11.9. The van der Waals surface area contributed by atoms with Gasteiger partial charge in [0.15, 0.2) is 0 Å². The fraction of sp³-hybridized carbons (Fsp3) is 0.571. The highest BCUT2D eigenvalue weighted by molar-refractivity contribution is 7.15. The fourth-order valence-electron chi connectivity index (χ4n) is 2.72. The molecule has 0 radical (unpaired) electrons. The molecule has 0 atom stereocenters. The van der Waals surface area contributed by atoms with E-state index in [2.05, 4.69) is 10.3 Å². The van der Waals surface area contributed by atoms with Crippen molar-refractivity contribution in [3.8, 4) is 0 Å². The molecule has 0 unspecified atom stereocenters. The van der Waals surface area contributed by atoms with E-state index in [-0.39, 0.29) is 29.9 Å². The van der Waals surface area contributed by atoms with Crippen LogP contribution in [-0.2, 0) is 4.74 Å². The van der Waals surface area contributed by atoms with Crippen molar-refractivity contribution in [1.82, 2.24) is 14.3 Å². The van der Waals surface area contributed by atoms with E-state index < -0.39 is 4.92 Å². The van der Waals surface area contributed by atoms with E-state index in [9.17, 15) is 14.9 Å². The van der Waals surface area contributed by atoms with Gasteiger partial charge >= 0.3 is 11.9 Å². The number of hydrogen-bond acceptors (Lipinski definition) is 7. The number of ether oxygens (including phenoxy) is 1. The first-order chi connectivity index (χ1) is 11.5. The first-order valence-corrected chi connectivity index (χ1v) is 8.65. The summed E-state index contributed by atoms with van der Waals surface area (Å²) < 4.78 is 6.66. The quantitative estimate of drug-likeness (QED) is 0.670. The van der Waals surface area contributed by atoms with Crippen molar-refractivity contribution in [2.45, 2.75) is 38.8 Å². The summed E-state index contributed by atoms with van der Waals surface area (Å²) in [7, 11) is 0. The number of nitro groups is 1. The predicted octanol–water partition coefficient (Wildman–Crippen LogP) is 2.73. The highest BCUT2D eigenvalue weighted by Gasteiger charge is 2.29. The molecule has 1 amide bonds. The van der Waals surface area contributed by atoms with Crippen LogP contribution < -0.4 is 5.32 Å². The topological polar surface area (TPSA) is 102 Å². The van der Waals surface area contributed by atoms with Gasteiger partial charge in [-0.3, -0.25) is 0 Å². The van der Waals surface area contributed by atoms with Crippen molar-refractivity contribution >= 4 is 34.0 Å². The number of aromatic nitrogens is 2. The van der Waals surface area contributed by atoms with Gasteiger partial charge in [-0.25, -0.2) is 4.79 Å². The number of likely N-dealkylation sites (tertiary alicyclic amines) is 1. The van der Waals surface area contributed by atoms with Crippen molar-refractivity contribution in [3.63, 3.8) is 0 Å². The van der Waals surface area contributed by atoms with Gasteiger partial charge in [-0.2, -0.15) is 9.38 Å². The van der Waals surface area contributed by atoms with Crippen LogP contribution in [-0.4, -0.2) is 50.5 Å². The van der Waals surface area contributed by atoms with Crippen LogP contribution in [0.2, 0.25) is 0 Å². The zero-order chi connectivity index (χ0) is 17.3. The first kappa shape index (κ1) is 16.5. The van der Waals surface area contributed by atoms with Crippen LogP contribution in [0.15, 0.2) is 11.6 Å². The summed E-state index contributed by atoms with van der Waals surface area (Å²) in [6.45, 7) is 4.74. The average molecular weight is 353 g/mol. The maximum absolute atomic E-state index is 11.9. The summed E-state index contributed by atoms with van der Waals surface area (Å²) in [4.78, 5) is 29.3. The number of carbonyl (C=O) groups excluding carboxylic acids is 1. The minimum absolute atomic E-state index is 0.0383. The molecule has 0 aromatic carbocycles. The summed E-state index contributed by atoms with van der Waals surface area (Å²) >= 11 is 1.35. The van der Waals surface area contributed by atoms with Gasteiger partial charge in [0.05, 0.1) is 6.10 Å². The van der Waals surface area contributed by atoms with E-state index in [1.54, 1.807) is 16.5 Å². The Bertz CT molecular complexity index is 748. The zero-order valence-corrected chi connectivity index (χ0v) is 14.3. The van der Waals surface area contributed by atoms with Gasteiger partial charge in [-0.1, -0.05) is 11.3 Å². The highest BCUT2D eigenvalue weighted by atomic mass is 32.1. The normalized spacial score (nSPS) is 15.9. The Hall–Kier alpha value is -2.36. The number of nitrogens with zero attached hydrogens (tertiary/aromatic N) is 4.